The van der Waals surface area contributed by atoms with Gasteiger partial charge in [-0.3, -0.25) is 4.79 Å². The first-order valence-electron chi connectivity index (χ1n) is 5.72. The summed E-state index contributed by atoms with van der Waals surface area (Å²) >= 11 is 1.38. The normalized spacial score (nSPS) is 12.8. The number of urea groups is 1. The van der Waals surface area contributed by atoms with Crippen molar-refractivity contribution in [2.24, 2.45) is 5.73 Å². The fraction of sp³-hybridized carbons (Fsp3) is 0.800. The molecule has 1 unspecified atom stereocenters. The highest BCUT2D eigenvalue weighted by molar-refractivity contribution is 7.98. The molecule has 20 heavy (non-hydrogen) atoms. The first kappa shape index (κ1) is 18.8. The van der Waals surface area contributed by atoms with Crippen LogP contribution < -0.4 is 11.1 Å². The van der Waals surface area contributed by atoms with Crippen LogP contribution in [0.25, 0.3) is 0 Å². The van der Waals surface area contributed by atoms with Gasteiger partial charge in [-0.1, -0.05) is 0 Å². The number of aliphatic hydroxyl groups excluding tert-OH is 1. The van der Waals surface area contributed by atoms with Gasteiger partial charge in [0.1, 0.15) is 12.6 Å². The molecule has 0 aromatic heterocycles. The molecule has 0 heterocycles. The zero-order valence-corrected chi connectivity index (χ0v) is 11.8. The summed E-state index contributed by atoms with van der Waals surface area (Å²) in [7, 11) is 0. The number of primary amides is 1. The monoisotopic (exact) mass is 317 g/mol. The maximum absolute atomic E-state index is 12.4. The molecular formula is C10H18F3N3O3S. The van der Waals surface area contributed by atoms with Crippen molar-refractivity contribution in [3.63, 3.8) is 0 Å². The SMILES string of the molecule is CSCCC(NC(N)=O)C(=O)N(CCO)CC(F)(F)F. The number of halogens is 3. The Hall–Kier alpha value is -1.16. The van der Waals surface area contributed by atoms with Crippen LogP contribution >= 0.6 is 11.8 Å². The van der Waals surface area contributed by atoms with Crippen LogP contribution in [0.15, 0.2) is 0 Å². The highest BCUT2D eigenvalue weighted by Crippen LogP contribution is 2.17. The van der Waals surface area contributed by atoms with E-state index < -0.39 is 43.9 Å². The Balaban J connectivity index is 4.88. The molecule has 0 aromatic rings. The fourth-order valence-electron chi connectivity index (χ4n) is 1.49. The number of nitrogens with one attached hydrogen (secondary N) is 1. The standard InChI is InChI=1S/C10H18F3N3O3S/c1-20-5-2-7(15-9(14)19)8(18)16(3-4-17)6-10(11,12)13/h7,17H,2-6H2,1H3,(H3,14,15,19). The first-order valence-corrected chi connectivity index (χ1v) is 7.12. The molecule has 0 bridgehead atoms. The van der Waals surface area contributed by atoms with E-state index in [4.69, 9.17) is 10.8 Å². The van der Waals surface area contributed by atoms with Gasteiger partial charge < -0.3 is 21.1 Å². The predicted molar refractivity (Wildman–Crippen MR) is 69.2 cm³/mol. The summed E-state index contributed by atoms with van der Waals surface area (Å²) in [5.74, 6) is -0.445. The van der Waals surface area contributed by atoms with Crippen LogP contribution in [0.2, 0.25) is 0 Å². The number of nitrogens with two attached hydrogens (primary N) is 1. The van der Waals surface area contributed by atoms with E-state index in [2.05, 4.69) is 5.32 Å². The Morgan fingerprint density at radius 3 is 2.45 bits per heavy atom. The number of aliphatic hydroxyl groups is 1. The summed E-state index contributed by atoms with van der Waals surface area (Å²) in [6.45, 7) is -2.55. The molecular weight excluding hydrogens is 299 g/mol. The van der Waals surface area contributed by atoms with E-state index in [-0.39, 0.29) is 6.42 Å². The van der Waals surface area contributed by atoms with E-state index in [0.29, 0.717) is 10.7 Å². The van der Waals surface area contributed by atoms with E-state index in [1.54, 1.807) is 6.26 Å². The molecule has 118 valence electrons. The number of amides is 3. The highest BCUT2D eigenvalue weighted by Gasteiger charge is 2.35. The lowest BCUT2D eigenvalue weighted by Gasteiger charge is -2.27. The van der Waals surface area contributed by atoms with Crippen LogP contribution in [-0.2, 0) is 4.79 Å². The minimum atomic E-state index is -4.58. The van der Waals surface area contributed by atoms with Crippen LogP contribution in [0.5, 0.6) is 0 Å². The summed E-state index contributed by atoms with van der Waals surface area (Å²) in [6, 6.07) is -2.12. The molecule has 0 radical (unpaired) electrons. The van der Waals surface area contributed by atoms with E-state index in [1.807, 2.05) is 0 Å². The summed E-state index contributed by atoms with van der Waals surface area (Å²) in [5.41, 5.74) is 4.91. The van der Waals surface area contributed by atoms with Gasteiger partial charge in [0.15, 0.2) is 0 Å². The second-order valence-electron chi connectivity index (χ2n) is 3.94. The maximum Gasteiger partial charge on any atom is 0.406 e. The smallest absolute Gasteiger partial charge is 0.395 e. The summed E-state index contributed by atoms with van der Waals surface area (Å²) < 4.78 is 37.1. The van der Waals surface area contributed by atoms with Gasteiger partial charge in [0, 0.05) is 6.54 Å². The lowest BCUT2D eigenvalue weighted by molar-refractivity contribution is -0.163. The topological polar surface area (TPSA) is 95.7 Å². The van der Waals surface area contributed by atoms with Gasteiger partial charge in [-0.15, -0.1) is 0 Å². The largest absolute Gasteiger partial charge is 0.406 e. The molecule has 10 heteroatoms. The Labute approximate surface area is 118 Å². The van der Waals surface area contributed by atoms with E-state index >= 15 is 0 Å². The van der Waals surface area contributed by atoms with Gasteiger partial charge in [-0.2, -0.15) is 24.9 Å². The highest BCUT2D eigenvalue weighted by atomic mass is 32.2. The minimum Gasteiger partial charge on any atom is -0.395 e. The number of nitrogens with zero attached hydrogens (tertiary/aromatic N) is 1. The van der Waals surface area contributed by atoms with Crippen LogP contribution in [0.4, 0.5) is 18.0 Å². The zero-order valence-electron chi connectivity index (χ0n) is 10.9. The molecule has 3 amide bonds. The average molecular weight is 317 g/mol. The van der Waals surface area contributed by atoms with Crippen LogP contribution in [0.3, 0.4) is 0 Å². The molecule has 0 fully saturated rings. The third kappa shape index (κ3) is 8.10. The van der Waals surface area contributed by atoms with E-state index in [1.165, 1.54) is 11.8 Å². The van der Waals surface area contributed by atoms with Crippen LogP contribution in [-0.4, -0.2) is 65.9 Å². The number of carbonyl (C=O) groups excluding carboxylic acids is 2. The molecule has 0 saturated heterocycles. The van der Waals surface area contributed by atoms with E-state index in [9.17, 15) is 22.8 Å². The molecule has 1 atom stereocenters. The van der Waals surface area contributed by atoms with Crippen LogP contribution in [0.1, 0.15) is 6.42 Å². The lowest BCUT2D eigenvalue weighted by atomic mass is 10.2. The van der Waals surface area contributed by atoms with Crippen molar-refractivity contribution >= 4 is 23.7 Å². The van der Waals surface area contributed by atoms with Gasteiger partial charge in [-0.25, -0.2) is 4.79 Å². The third-order valence-corrected chi connectivity index (χ3v) is 2.92. The van der Waals surface area contributed by atoms with Crippen molar-refractivity contribution in [3.8, 4) is 0 Å². The Morgan fingerprint density at radius 2 is 2.05 bits per heavy atom. The van der Waals surface area contributed by atoms with Gasteiger partial charge in [0.2, 0.25) is 5.91 Å². The molecule has 4 N–H and O–H groups in total. The van der Waals surface area contributed by atoms with Gasteiger partial charge in [-0.05, 0) is 18.4 Å². The van der Waals surface area contributed by atoms with Crippen LogP contribution in [0, 0.1) is 0 Å². The minimum absolute atomic E-state index is 0.155. The molecule has 0 spiro atoms. The number of thioether (sulfide) groups is 1. The number of hydrogen-bond donors (Lipinski definition) is 3. The van der Waals surface area contributed by atoms with Crippen molar-refractivity contribution < 1.29 is 27.9 Å². The average Bonchev–Trinajstić information content (AvgIpc) is 2.31. The molecule has 0 rings (SSSR count). The van der Waals surface area contributed by atoms with Crippen molar-refractivity contribution in [2.75, 3.05) is 31.7 Å². The molecule has 0 aromatic carbocycles. The second-order valence-corrected chi connectivity index (χ2v) is 4.93. The van der Waals surface area contributed by atoms with Crippen molar-refractivity contribution in [3.05, 3.63) is 0 Å². The van der Waals surface area contributed by atoms with Gasteiger partial charge in [0.05, 0.1) is 6.61 Å². The quantitative estimate of drug-likeness (QED) is 0.594. The molecule has 6 nitrogen and oxygen atoms in total. The van der Waals surface area contributed by atoms with Crippen molar-refractivity contribution in [1.29, 1.82) is 0 Å². The predicted octanol–water partition coefficient (Wildman–Crippen LogP) is 0.160. The van der Waals surface area contributed by atoms with E-state index in [0.717, 1.165) is 0 Å². The maximum atomic E-state index is 12.4. The Bertz CT molecular complexity index is 329. The zero-order chi connectivity index (χ0) is 15.8. The number of rotatable bonds is 8. The Kier molecular flexibility index (Phi) is 8.39. The van der Waals surface area contributed by atoms with Crippen molar-refractivity contribution in [1.82, 2.24) is 10.2 Å². The number of hydrogen-bond acceptors (Lipinski definition) is 4. The van der Waals surface area contributed by atoms with Gasteiger partial charge >= 0.3 is 12.2 Å². The Morgan fingerprint density at radius 1 is 1.45 bits per heavy atom. The lowest BCUT2D eigenvalue weighted by Crippen LogP contribution is -2.52. The fourth-order valence-corrected chi connectivity index (χ4v) is 1.96. The molecule has 0 aliphatic rings. The number of alkyl halides is 3. The third-order valence-electron chi connectivity index (χ3n) is 2.28. The first-order chi connectivity index (χ1) is 9.21. The molecule has 0 saturated carbocycles. The summed E-state index contributed by atoms with van der Waals surface area (Å²) in [6.07, 6.45) is -2.67. The van der Waals surface area contributed by atoms with Crippen molar-refractivity contribution in [2.45, 2.75) is 18.6 Å². The summed E-state index contributed by atoms with van der Waals surface area (Å²) in [5, 5.41) is 10.9. The molecule has 0 aliphatic carbocycles. The second kappa shape index (κ2) is 8.90. The summed E-state index contributed by atoms with van der Waals surface area (Å²) in [4.78, 5) is 23.3. The van der Waals surface area contributed by atoms with Gasteiger partial charge in [0.25, 0.3) is 0 Å². The molecule has 0 aliphatic heterocycles. The number of carbonyl (C=O) groups is 2.